The van der Waals surface area contributed by atoms with Crippen LogP contribution in [0.3, 0.4) is 0 Å². The van der Waals surface area contributed by atoms with E-state index in [0.29, 0.717) is 41.7 Å². The lowest BCUT2D eigenvalue weighted by Crippen LogP contribution is -2.47. The first-order valence-electron chi connectivity index (χ1n) is 28.3. The molecular weight excluding hydrogens is 1120 g/mol. The largest absolute Gasteiger partial charge is 0.494 e. The molecule has 2 fully saturated rings. The summed E-state index contributed by atoms with van der Waals surface area (Å²) < 4.78 is 31.5. The van der Waals surface area contributed by atoms with E-state index in [9.17, 15) is 14.0 Å². The third-order valence-corrected chi connectivity index (χ3v) is 17.9. The fourth-order valence-electron chi connectivity index (χ4n) is 11.5. The number of hydrogen-bond acceptors (Lipinski definition) is 12. The maximum Gasteiger partial charge on any atom is 0.228 e. The molecule has 0 unspecified atom stereocenters. The van der Waals surface area contributed by atoms with E-state index in [1.54, 1.807) is 23.7 Å². The zero-order valence-corrected chi connectivity index (χ0v) is 49.6. The summed E-state index contributed by atoms with van der Waals surface area (Å²) in [7, 11) is 4.10. The second-order valence-corrected chi connectivity index (χ2v) is 23.7. The lowest BCUT2D eigenvalue weighted by molar-refractivity contribution is -0.116. The number of nitrogens with one attached hydrogen (secondary N) is 2. The molecule has 82 heavy (non-hydrogen) atoms. The van der Waals surface area contributed by atoms with Crippen molar-refractivity contribution in [1.82, 2.24) is 19.1 Å². The molecule has 0 spiro atoms. The van der Waals surface area contributed by atoms with Crippen LogP contribution in [0.5, 0.6) is 5.75 Å². The van der Waals surface area contributed by atoms with Gasteiger partial charge in [0.1, 0.15) is 23.0 Å². The number of unbranched alkanes of at least 4 members (excludes halogenated alkanes) is 1. The number of fused-ring (bicyclic) bond motifs is 4. The van der Waals surface area contributed by atoms with E-state index in [4.69, 9.17) is 49.5 Å². The monoisotopic (exact) mass is 1180 g/mol. The van der Waals surface area contributed by atoms with Crippen molar-refractivity contribution in [2.75, 3.05) is 113 Å². The van der Waals surface area contributed by atoms with Gasteiger partial charge >= 0.3 is 0 Å². The number of carbonyl (C=O) groups is 2. The third-order valence-electron chi connectivity index (χ3n) is 16.0. The van der Waals surface area contributed by atoms with Crippen LogP contribution in [-0.4, -0.2) is 124 Å². The Balaban J connectivity index is 0.000000139. The van der Waals surface area contributed by atoms with E-state index < -0.39 is 5.60 Å². The predicted octanol–water partition coefficient (Wildman–Crippen LogP) is 12.5. The standard InChI is InChI=1S/C23H27Cl2N3O2.C21H21ClN4OS.C20H21FN2O/c24-19-4-3-5-21(23(19)25)28-13-11-27(12-14-28)10-1-2-15-30-18-8-6-17-7-9-22(29)26-20(17)16-18;22-17-13-18-15(12-20(27)23-18)11-14(17)5-6-25-7-9-26(10-8-25)21-16-3-1-2-4-19(16)28-24-21;1-23(2)11-3-10-20(17-5-7-18(21)8-6-17)19-9-4-15(13-22)12-16(19)14-24-20/h3-6,8,16H,1-2,7,9-15H2,(H,26,29);1-4,11,13H,5-10,12H2,(H,23,27);4-9,12H,3,10-11,14H2,1-2H3/t;;20-/m..0/s1. The molecule has 5 aliphatic heterocycles. The van der Waals surface area contributed by atoms with Crippen molar-refractivity contribution in [3.63, 3.8) is 0 Å². The first kappa shape index (κ1) is 58.9. The number of piperazine rings is 2. The minimum Gasteiger partial charge on any atom is -0.494 e. The van der Waals surface area contributed by atoms with Gasteiger partial charge in [-0.1, -0.05) is 83.3 Å². The zero-order valence-electron chi connectivity index (χ0n) is 46.5. The molecule has 5 aliphatic rings. The van der Waals surface area contributed by atoms with Gasteiger partial charge in [-0.3, -0.25) is 19.4 Å². The third kappa shape index (κ3) is 14.4. The van der Waals surface area contributed by atoms with Crippen LogP contribution in [0.1, 0.15) is 71.0 Å². The Bertz CT molecular complexity index is 3420. The van der Waals surface area contributed by atoms with Gasteiger partial charge in [-0.15, -0.1) is 0 Å². The van der Waals surface area contributed by atoms with E-state index >= 15 is 0 Å². The van der Waals surface area contributed by atoms with Gasteiger partial charge in [-0.05, 0) is 171 Å². The van der Waals surface area contributed by atoms with Crippen LogP contribution in [0.15, 0.2) is 115 Å². The molecule has 6 aromatic carbocycles. The van der Waals surface area contributed by atoms with Crippen molar-refractivity contribution in [1.29, 1.82) is 5.26 Å². The summed E-state index contributed by atoms with van der Waals surface area (Å²) in [6.45, 7) is 12.1. The minimum atomic E-state index is -0.562. The van der Waals surface area contributed by atoms with Crippen molar-refractivity contribution in [3.05, 3.63) is 175 Å². The summed E-state index contributed by atoms with van der Waals surface area (Å²) in [6.07, 6.45) is 6.61. The number of ether oxygens (including phenoxy) is 2. The van der Waals surface area contributed by atoms with E-state index in [0.717, 1.165) is 172 Å². The molecule has 428 valence electrons. The van der Waals surface area contributed by atoms with Gasteiger partial charge in [0.05, 0.1) is 51.7 Å². The van der Waals surface area contributed by atoms with Gasteiger partial charge < -0.3 is 34.8 Å². The second-order valence-electron chi connectivity index (χ2n) is 21.7. The summed E-state index contributed by atoms with van der Waals surface area (Å²) in [4.78, 5) is 34.9. The molecule has 0 aliphatic carbocycles. The minimum absolute atomic E-state index is 0.0499. The van der Waals surface area contributed by atoms with E-state index in [-0.39, 0.29) is 17.6 Å². The van der Waals surface area contributed by atoms with Crippen LogP contribution < -0.4 is 25.2 Å². The molecule has 12 rings (SSSR count). The molecule has 2 saturated heterocycles. The number of nitrogens with zero attached hydrogens (tertiary/aromatic N) is 7. The lowest BCUT2D eigenvalue weighted by Gasteiger charge is -2.36. The van der Waals surface area contributed by atoms with Gasteiger partial charge in [0, 0.05) is 93.2 Å². The summed E-state index contributed by atoms with van der Waals surface area (Å²) >= 11 is 20.5. The van der Waals surface area contributed by atoms with Gasteiger partial charge in [-0.25, -0.2) is 4.39 Å². The van der Waals surface area contributed by atoms with Crippen molar-refractivity contribution in [2.45, 2.75) is 63.6 Å². The zero-order chi connectivity index (χ0) is 57.2. The number of nitriles is 1. The molecule has 0 bridgehead atoms. The molecule has 1 aromatic heterocycles. The number of amides is 2. The predicted molar refractivity (Wildman–Crippen MR) is 330 cm³/mol. The highest BCUT2D eigenvalue weighted by Crippen LogP contribution is 2.46. The normalized spacial score (nSPS) is 17.7. The lowest BCUT2D eigenvalue weighted by atomic mass is 9.81. The van der Waals surface area contributed by atoms with Crippen LogP contribution >= 0.6 is 46.3 Å². The molecule has 1 atom stereocenters. The Hall–Kier alpha value is -6.32. The average Bonchev–Trinajstić information content (AvgIpc) is 4.40. The molecule has 0 radical (unpaired) electrons. The number of benzene rings is 6. The van der Waals surface area contributed by atoms with Crippen molar-refractivity contribution in [3.8, 4) is 11.8 Å². The highest BCUT2D eigenvalue weighted by atomic mass is 35.5. The maximum atomic E-state index is 13.4. The number of rotatable bonds is 16. The smallest absolute Gasteiger partial charge is 0.228 e. The van der Waals surface area contributed by atoms with Crippen LogP contribution in [0.2, 0.25) is 15.1 Å². The first-order chi connectivity index (χ1) is 39.8. The summed E-state index contributed by atoms with van der Waals surface area (Å²) in [6, 6.07) is 38.7. The number of halogens is 4. The summed E-state index contributed by atoms with van der Waals surface area (Å²) in [5.41, 5.74) is 9.33. The van der Waals surface area contributed by atoms with Crippen molar-refractivity contribution in [2.24, 2.45) is 0 Å². The quantitative estimate of drug-likeness (QED) is 0.0897. The molecule has 2 amide bonds. The SMILES string of the molecule is CN(C)CCC[C@@]1(c2ccc(F)cc2)OCc2cc(C#N)ccc21.O=C1CCc2ccc(OCCCCN3CCN(c4cccc(Cl)c4Cl)CC3)cc2N1.O=C1Cc2cc(CCN3CCN(c4nsc5ccccc45)CC3)c(Cl)cc2N1. The van der Waals surface area contributed by atoms with Crippen LogP contribution in [-0.2, 0) is 45.8 Å². The number of carbonyl (C=O) groups excluding carboxylic acids is 2. The van der Waals surface area contributed by atoms with Crippen LogP contribution in [0.25, 0.3) is 10.1 Å². The Kier molecular flexibility index (Phi) is 19.7. The molecule has 0 saturated carbocycles. The van der Waals surface area contributed by atoms with E-state index in [1.807, 2.05) is 68.7 Å². The Labute approximate surface area is 499 Å². The average molecular weight is 1190 g/mol. The summed E-state index contributed by atoms with van der Waals surface area (Å²) in [5, 5.41) is 18.1. The van der Waals surface area contributed by atoms with Gasteiger partial charge in [-0.2, -0.15) is 9.64 Å². The fraction of sp³-hybridized carbons (Fsp3) is 0.375. The molecule has 6 heterocycles. The van der Waals surface area contributed by atoms with Crippen molar-refractivity contribution >= 4 is 91.1 Å². The van der Waals surface area contributed by atoms with Gasteiger partial charge in [0.25, 0.3) is 0 Å². The summed E-state index contributed by atoms with van der Waals surface area (Å²) in [5.74, 6) is 1.83. The van der Waals surface area contributed by atoms with Crippen molar-refractivity contribution < 1.29 is 23.5 Å². The number of hydrogen-bond donors (Lipinski definition) is 2. The van der Waals surface area contributed by atoms with Gasteiger partial charge in [0.15, 0.2) is 0 Å². The number of anilines is 4. The molecule has 13 nitrogen and oxygen atoms in total. The van der Waals surface area contributed by atoms with Gasteiger partial charge in [0.2, 0.25) is 11.8 Å². The van der Waals surface area contributed by atoms with E-state index in [1.165, 1.54) is 27.8 Å². The topological polar surface area (TPSA) is 130 Å². The maximum absolute atomic E-state index is 13.4. The van der Waals surface area contributed by atoms with Crippen LogP contribution in [0.4, 0.5) is 27.3 Å². The molecule has 7 aromatic rings. The molecule has 18 heteroatoms. The first-order valence-corrected chi connectivity index (χ1v) is 30.2. The molecular formula is C64H69Cl3FN9O4S. The Morgan fingerprint density at radius 1 is 0.744 bits per heavy atom. The number of aromatic nitrogens is 1. The number of aryl methyl sites for hydroxylation is 1. The second kappa shape index (κ2) is 27.4. The Morgan fingerprint density at radius 2 is 1.49 bits per heavy atom. The van der Waals surface area contributed by atoms with Crippen LogP contribution in [0, 0.1) is 17.1 Å². The molecule has 2 N–H and O–H groups in total. The fourth-order valence-corrected chi connectivity index (χ4v) is 12.9. The van der Waals surface area contributed by atoms with E-state index in [2.05, 4.69) is 82.0 Å². The Morgan fingerprint density at radius 3 is 2.27 bits per heavy atom. The highest BCUT2D eigenvalue weighted by Gasteiger charge is 2.41. The highest BCUT2D eigenvalue weighted by molar-refractivity contribution is 7.13.